The van der Waals surface area contributed by atoms with Gasteiger partial charge in [0.25, 0.3) is 0 Å². The summed E-state index contributed by atoms with van der Waals surface area (Å²) in [5, 5.41) is 11.3. The van der Waals surface area contributed by atoms with Crippen molar-refractivity contribution in [2.75, 3.05) is 36.8 Å². The molecule has 0 saturated heterocycles. The second kappa shape index (κ2) is 20.9. The van der Waals surface area contributed by atoms with Gasteiger partial charge in [-0.3, -0.25) is 0 Å². The summed E-state index contributed by atoms with van der Waals surface area (Å²) in [5.41, 5.74) is 11.5. The molecule has 0 fully saturated rings. The van der Waals surface area contributed by atoms with Crippen molar-refractivity contribution < 1.29 is 41.6 Å². The van der Waals surface area contributed by atoms with Crippen LogP contribution in [0.25, 0.3) is 0 Å². The van der Waals surface area contributed by atoms with Gasteiger partial charge in [0.05, 0.1) is 0 Å². The topological polar surface area (TPSA) is 36.1 Å². The number of hydrogen-bond acceptors (Lipinski definition) is 3. The first kappa shape index (κ1) is 43.2. The van der Waals surface area contributed by atoms with Crippen molar-refractivity contribution in [1.29, 1.82) is 0 Å². The molecule has 0 aliphatic carbocycles. The number of halogens is 2. The number of rotatable bonds is 16. The predicted molar refractivity (Wildman–Crippen MR) is 177 cm³/mol. The molecule has 0 bridgehead atoms. The van der Waals surface area contributed by atoms with Gasteiger partial charge in [0.1, 0.15) is 0 Å². The Morgan fingerprint density at radius 3 is 0.905 bits per heavy atom. The van der Waals surface area contributed by atoms with Crippen LogP contribution in [0.3, 0.4) is 0 Å². The molecule has 3 N–H and O–H groups in total. The fraction of sp³-hybridized carbons (Fsp3) is 0.667. The molecular weight excluding hydrogens is 604 g/mol. The molecule has 42 heavy (non-hydrogen) atoms. The largest absolute Gasteiger partial charge is 2.00 e. The van der Waals surface area contributed by atoms with Crippen LogP contribution in [-0.2, 0) is 16.8 Å². The molecule has 0 aliphatic heterocycles. The Morgan fingerprint density at radius 1 is 0.429 bits per heavy atom. The van der Waals surface area contributed by atoms with Crippen LogP contribution in [0.4, 0.5) is 11.4 Å². The number of anilines is 2. The predicted octanol–water partition coefficient (Wildman–Crippen LogP) is 4.33. The third-order valence-corrected chi connectivity index (χ3v) is 7.93. The van der Waals surface area contributed by atoms with E-state index in [-0.39, 0.29) is 41.6 Å². The van der Waals surface area contributed by atoms with Crippen LogP contribution < -0.4 is 40.8 Å². The van der Waals surface area contributed by atoms with E-state index >= 15 is 0 Å². The minimum Gasteiger partial charge on any atom is -1.00 e. The molecule has 0 atom stereocenters. The van der Waals surface area contributed by atoms with Gasteiger partial charge in [-0.25, -0.2) is 0 Å². The molecule has 0 aromatic heterocycles. The zero-order chi connectivity index (χ0) is 29.3. The maximum Gasteiger partial charge on any atom is 2.00 e. The molecule has 3 nitrogen and oxygen atoms in total. The van der Waals surface area contributed by atoms with Crippen molar-refractivity contribution >= 4 is 11.4 Å². The maximum atomic E-state index is 3.83. The fourth-order valence-electron chi connectivity index (χ4n) is 5.30. The summed E-state index contributed by atoms with van der Waals surface area (Å²) >= 11 is 0. The van der Waals surface area contributed by atoms with E-state index in [1.807, 2.05) is 0 Å². The molecule has 0 aliphatic rings. The molecule has 0 saturated carbocycles. The van der Waals surface area contributed by atoms with Crippen LogP contribution in [0.5, 0.6) is 0 Å². The first-order chi connectivity index (χ1) is 18.3. The molecular formula is C36H61Cl2CoN3. The first-order valence-corrected chi connectivity index (χ1v) is 15.9. The average Bonchev–Trinajstić information content (AvgIpc) is 2.86. The second-order valence-corrected chi connectivity index (χ2v) is 13.4. The maximum absolute atomic E-state index is 3.83. The summed E-state index contributed by atoms with van der Waals surface area (Å²) in [6.07, 6.45) is 2.25. The van der Waals surface area contributed by atoms with Crippen molar-refractivity contribution in [3.8, 4) is 0 Å². The van der Waals surface area contributed by atoms with Gasteiger partial charge in [-0.2, -0.15) is 0 Å². The van der Waals surface area contributed by atoms with Crippen molar-refractivity contribution in [1.82, 2.24) is 5.32 Å². The van der Waals surface area contributed by atoms with E-state index < -0.39 is 0 Å². The summed E-state index contributed by atoms with van der Waals surface area (Å²) < 4.78 is 0. The van der Waals surface area contributed by atoms with Gasteiger partial charge >= 0.3 is 16.8 Å². The van der Waals surface area contributed by atoms with Crippen molar-refractivity contribution in [2.45, 2.75) is 131 Å². The van der Waals surface area contributed by atoms with Gasteiger partial charge in [0, 0.05) is 24.5 Å². The van der Waals surface area contributed by atoms with E-state index in [0.717, 1.165) is 39.0 Å². The Morgan fingerprint density at radius 2 is 0.690 bits per heavy atom. The van der Waals surface area contributed by atoms with Crippen molar-refractivity contribution in [3.05, 3.63) is 57.6 Å². The Balaban J connectivity index is 0. The first-order valence-electron chi connectivity index (χ1n) is 15.9. The third kappa shape index (κ3) is 12.6. The summed E-state index contributed by atoms with van der Waals surface area (Å²) in [6.45, 7) is 31.8. The summed E-state index contributed by atoms with van der Waals surface area (Å²) in [5.74, 6) is 3.18. The normalized spacial score (nSPS) is 11.3. The SMILES string of the molecule is CC(C)c1cc(C(C)C)c(NCCCNCCCNc2c(C(C)C)cc(C(C)C)cc2C(C)C)c(C(C)C)c1.[Cl-].[Cl-].[Co+2]. The number of benzene rings is 2. The van der Waals surface area contributed by atoms with Crippen LogP contribution in [0.1, 0.15) is 165 Å². The van der Waals surface area contributed by atoms with E-state index in [1.165, 1.54) is 44.8 Å². The summed E-state index contributed by atoms with van der Waals surface area (Å²) in [4.78, 5) is 0. The van der Waals surface area contributed by atoms with E-state index in [0.29, 0.717) is 35.5 Å². The van der Waals surface area contributed by atoms with Gasteiger partial charge in [0.15, 0.2) is 0 Å². The van der Waals surface area contributed by atoms with Crippen molar-refractivity contribution in [3.63, 3.8) is 0 Å². The molecule has 1 radical (unpaired) electrons. The van der Waals surface area contributed by atoms with Crippen LogP contribution in [-0.4, -0.2) is 26.2 Å². The summed E-state index contributed by atoms with van der Waals surface area (Å²) in [6, 6.07) is 9.72. The summed E-state index contributed by atoms with van der Waals surface area (Å²) in [7, 11) is 0. The Labute approximate surface area is 283 Å². The zero-order valence-electron chi connectivity index (χ0n) is 28.6. The van der Waals surface area contributed by atoms with E-state index in [9.17, 15) is 0 Å². The Bertz CT molecular complexity index is 893. The molecule has 6 heteroatoms. The molecule has 0 unspecified atom stereocenters. The zero-order valence-corrected chi connectivity index (χ0v) is 31.2. The van der Waals surface area contributed by atoms with Gasteiger partial charge in [-0.1, -0.05) is 107 Å². The molecule has 0 spiro atoms. The van der Waals surface area contributed by atoms with Crippen LogP contribution in [0.15, 0.2) is 24.3 Å². The standard InChI is InChI=1S/C36H61N3.2ClH.Co/c1-23(2)29-19-31(25(5)6)35(32(20-29)26(7)8)38-17-13-15-37-16-14-18-39-36-33(27(9)10)21-30(24(3)4)22-34(36)28(11)12;;;/h19-28,37-39H,13-18H2,1-12H3;2*1H;/q;;;+2/p-2. The van der Waals surface area contributed by atoms with Gasteiger partial charge in [-0.15, -0.1) is 0 Å². The fourth-order valence-corrected chi connectivity index (χ4v) is 5.30. The quantitative estimate of drug-likeness (QED) is 0.234. The number of nitrogens with one attached hydrogen (secondary N) is 3. The smallest absolute Gasteiger partial charge is 1.00 e. The Hall–Kier alpha value is -0.914. The molecule has 243 valence electrons. The molecule has 2 aromatic rings. The van der Waals surface area contributed by atoms with Crippen LogP contribution in [0.2, 0.25) is 0 Å². The van der Waals surface area contributed by atoms with E-state index in [4.69, 9.17) is 0 Å². The van der Waals surface area contributed by atoms with Crippen LogP contribution in [0, 0.1) is 0 Å². The molecule has 2 rings (SSSR count). The average molecular weight is 666 g/mol. The molecule has 2 aromatic carbocycles. The molecule has 0 heterocycles. The minimum atomic E-state index is 0. The van der Waals surface area contributed by atoms with Gasteiger partial charge in [-0.05, 0) is 94.8 Å². The van der Waals surface area contributed by atoms with Gasteiger partial charge < -0.3 is 40.8 Å². The molecule has 0 amide bonds. The second-order valence-electron chi connectivity index (χ2n) is 13.4. The Kier molecular flexibility index (Phi) is 21.5. The monoisotopic (exact) mass is 664 g/mol. The van der Waals surface area contributed by atoms with E-state index in [1.54, 1.807) is 0 Å². The van der Waals surface area contributed by atoms with Crippen LogP contribution >= 0.6 is 0 Å². The third-order valence-electron chi connectivity index (χ3n) is 7.93. The number of hydrogen-bond donors (Lipinski definition) is 3. The van der Waals surface area contributed by atoms with E-state index in [2.05, 4.69) is 123 Å². The van der Waals surface area contributed by atoms with Gasteiger partial charge in [0.2, 0.25) is 0 Å². The minimum absolute atomic E-state index is 0. The van der Waals surface area contributed by atoms with Crippen molar-refractivity contribution in [2.24, 2.45) is 0 Å².